The lowest BCUT2D eigenvalue weighted by molar-refractivity contribution is 0.520. The molecule has 0 saturated carbocycles. The second-order valence-corrected chi connectivity index (χ2v) is 5.76. The van der Waals surface area contributed by atoms with E-state index in [4.69, 9.17) is 16.6 Å². The van der Waals surface area contributed by atoms with Crippen LogP contribution in [0.15, 0.2) is 18.5 Å². The normalized spacial score (nSPS) is 13.1. The Labute approximate surface area is 128 Å². The van der Waals surface area contributed by atoms with E-state index in [1.54, 1.807) is 6.20 Å². The van der Waals surface area contributed by atoms with Crippen LogP contribution in [-0.4, -0.2) is 29.1 Å². The van der Waals surface area contributed by atoms with Crippen molar-refractivity contribution in [2.45, 2.75) is 38.7 Å². The van der Waals surface area contributed by atoms with Gasteiger partial charge in [-0.05, 0) is 19.4 Å². The Hall–Kier alpha value is -1.82. The van der Waals surface area contributed by atoms with Crippen LogP contribution in [0.1, 0.15) is 30.7 Å². The first kappa shape index (κ1) is 14.1. The minimum Gasteiger partial charge on any atom is -0.310 e. The van der Waals surface area contributed by atoms with Crippen molar-refractivity contribution in [1.29, 1.82) is 0 Å². The third-order valence-corrected chi connectivity index (χ3v) is 3.82. The van der Waals surface area contributed by atoms with Crippen molar-refractivity contribution >= 4 is 22.8 Å². The van der Waals surface area contributed by atoms with Gasteiger partial charge in [-0.25, -0.2) is 4.98 Å². The Balaban J connectivity index is 2.05. The summed E-state index contributed by atoms with van der Waals surface area (Å²) >= 11 is 6.31. The van der Waals surface area contributed by atoms with Crippen molar-refractivity contribution in [1.82, 2.24) is 29.1 Å². The lowest BCUT2D eigenvalue weighted by Gasteiger charge is -2.11. The van der Waals surface area contributed by atoms with Crippen molar-refractivity contribution in [2.24, 2.45) is 7.05 Å². The van der Waals surface area contributed by atoms with Crippen LogP contribution < -0.4 is 0 Å². The summed E-state index contributed by atoms with van der Waals surface area (Å²) in [7, 11) is 1.95. The number of rotatable bonds is 5. The van der Waals surface area contributed by atoms with Crippen LogP contribution in [0, 0.1) is 0 Å². The second-order valence-electron chi connectivity index (χ2n) is 5.10. The fourth-order valence-electron chi connectivity index (χ4n) is 2.66. The summed E-state index contributed by atoms with van der Waals surface area (Å²) in [5.41, 5.74) is 3.01. The van der Waals surface area contributed by atoms with E-state index in [1.807, 2.05) is 35.6 Å². The average Bonchev–Trinajstić information content (AvgIpc) is 3.13. The van der Waals surface area contributed by atoms with Crippen LogP contribution in [-0.2, 0) is 26.6 Å². The van der Waals surface area contributed by atoms with Crippen molar-refractivity contribution in [3.63, 3.8) is 0 Å². The Morgan fingerprint density at radius 1 is 1.33 bits per heavy atom. The monoisotopic (exact) mass is 306 g/mol. The molecule has 0 amide bonds. The maximum Gasteiger partial charge on any atom is 0.158 e. The molecule has 0 radical (unpaired) electrons. The number of nitrogens with zero attached hydrogens (tertiary/aromatic N) is 6. The summed E-state index contributed by atoms with van der Waals surface area (Å²) in [6, 6.07) is 1.92. The molecule has 0 aliphatic carbocycles. The molecule has 7 heteroatoms. The first-order valence-corrected chi connectivity index (χ1v) is 7.59. The van der Waals surface area contributed by atoms with Gasteiger partial charge in [0.1, 0.15) is 11.3 Å². The zero-order valence-electron chi connectivity index (χ0n) is 12.5. The van der Waals surface area contributed by atoms with Gasteiger partial charge in [-0.1, -0.05) is 6.92 Å². The number of alkyl halides is 1. The molecule has 3 aromatic heterocycles. The van der Waals surface area contributed by atoms with E-state index >= 15 is 0 Å². The zero-order chi connectivity index (χ0) is 15.0. The Bertz CT molecular complexity index is 737. The van der Waals surface area contributed by atoms with Crippen molar-refractivity contribution < 1.29 is 0 Å². The maximum atomic E-state index is 6.31. The number of hydrogen-bond acceptors (Lipinski definition) is 3. The summed E-state index contributed by atoms with van der Waals surface area (Å²) in [6.45, 7) is 5.59. The zero-order valence-corrected chi connectivity index (χ0v) is 13.2. The molecule has 112 valence electrons. The Morgan fingerprint density at radius 2 is 2.14 bits per heavy atom. The minimum atomic E-state index is -0.139. The van der Waals surface area contributed by atoms with Crippen molar-refractivity contribution in [3.8, 4) is 0 Å². The summed E-state index contributed by atoms with van der Waals surface area (Å²) in [5.74, 6) is 0.890. The average molecular weight is 307 g/mol. The highest BCUT2D eigenvalue weighted by molar-refractivity contribution is 6.20. The fourth-order valence-corrected chi connectivity index (χ4v) is 2.82. The minimum absolute atomic E-state index is 0.139. The number of hydrogen-bond donors (Lipinski definition) is 0. The Morgan fingerprint density at radius 3 is 2.76 bits per heavy atom. The third kappa shape index (κ3) is 2.44. The molecule has 0 aromatic carbocycles. The number of aromatic nitrogens is 6. The van der Waals surface area contributed by atoms with Crippen LogP contribution in [0.2, 0.25) is 0 Å². The number of aryl methyl sites for hydroxylation is 4. The first-order chi connectivity index (χ1) is 10.1. The van der Waals surface area contributed by atoms with Crippen LogP contribution in [0.4, 0.5) is 0 Å². The molecular formula is C14H19ClN6. The summed E-state index contributed by atoms with van der Waals surface area (Å²) in [5, 5.41) is 8.64. The summed E-state index contributed by atoms with van der Waals surface area (Å²) in [4.78, 5) is 4.72. The second kappa shape index (κ2) is 5.52. The molecule has 6 nitrogen and oxygen atoms in total. The van der Waals surface area contributed by atoms with Crippen molar-refractivity contribution in [2.75, 3.05) is 0 Å². The van der Waals surface area contributed by atoms with Crippen LogP contribution >= 0.6 is 11.6 Å². The predicted octanol–water partition coefficient (Wildman–Crippen LogP) is 2.53. The van der Waals surface area contributed by atoms with Crippen LogP contribution in [0.3, 0.4) is 0 Å². The molecule has 21 heavy (non-hydrogen) atoms. The summed E-state index contributed by atoms with van der Waals surface area (Å²) in [6.07, 6.45) is 4.61. The van der Waals surface area contributed by atoms with Gasteiger partial charge in [0.25, 0.3) is 0 Å². The van der Waals surface area contributed by atoms with Gasteiger partial charge in [-0.3, -0.25) is 9.36 Å². The molecule has 1 atom stereocenters. The lowest BCUT2D eigenvalue weighted by Crippen LogP contribution is -2.13. The van der Waals surface area contributed by atoms with Gasteiger partial charge in [0, 0.05) is 26.0 Å². The van der Waals surface area contributed by atoms with E-state index in [2.05, 4.69) is 21.7 Å². The van der Waals surface area contributed by atoms with E-state index in [1.165, 1.54) is 0 Å². The molecule has 0 saturated heterocycles. The Kier molecular flexibility index (Phi) is 3.71. The van der Waals surface area contributed by atoms with Crippen LogP contribution in [0.25, 0.3) is 11.2 Å². The maximum absolute atomic E-state index is 6.31. The van der Waals surface area contributed by atoms with E-state index in [-0.39, 0.29) is 5.38 Å². The molecule has 0 bridgehead atoms. The lowest BCUT2D eigenvalue weighted by atomic mass is 10.3. The van der Waals surface area contributed by atoms with Gasteiger partial charge < -0.3 is 4.57 Å². The number of imidazole rings is 1. The molecule has 0 spiro atoms. The summed E-state index contributed by atoms with van der Waals surface area (Å²) < 4.78 is 5.96. The van der Waals surface area contributed by atoms with Gasteiger partial charge in [-0.15, -0.1) is 11.6 Å². The molecule has 1 unspecified atom stereocenters. The highest BCUT2D eigenvalue weighted by Gasteiger charge is 2.20. The first-order valence-electron chi connectivity index (χ1n) is 7.15. The highest BCUT2D eigenvalue weighted by atomic mass is 35.5. The SMILES string of the molecule is CCc1nn(C)c2c1nc(C(C)Cl)n2CCn1cccn1. The van der Waals surface area contributed by atoms with Gasteiger partial charge in [-0.2, -0.15) is 10.2 Å². The van der Waals surface area contributed by atoms with Gasteiger partial charge in [0.2, 0.25) is 0 Å². The van der Waals surface area contributed by atoms with Crippen molar-refractivity contribution in [3.05, 3.63) is 30.0 Å². The molecular weight excluding hydrogens is 288 g/mol. The van der Waals surface area contributed by atoms with Gasteiger partial charge >= 0.3 is 0 Å². The quantitative estimate of drug-likeness (QED) is 0.681. The molecule has 0 fully saturated rings. The predicted molar refractivity (Wildman–Crippen MR) is 82.4 cm³/mol. The van der Waals surface area contributed by atoms with E-state index in [9.17, 15) is 0 Å². The van der Waals surface area contributed by atoms with E-state index in [0.29, 0.717) is 0 Å². The van der Waals surface area contributed by atoms with Crippen LogP contribution in [0.5, 0.6) is 0 Å². The van der Waals surface area contributed by atoms with Gasteiger partial charge in [0.15, 0.2) is 5.65 Å². The van der Waals surface area contributed by atoms with E-state index < -0.39 is 0 Å². The topological polar surface area (TPSA) is 53.5 Å². The van der Waals surface area contributed by atoms with Gasteiger partial charge in [0.05, 0.1) is 17.6 Å². The van der Waals surface area contributed by atoms with E-state index in [0.717, 1.165) is 42.2 Å². The molecule has 0 aliphatic heterocycles. The number of fused-ring (bicyclic) bond motifs is 1. The largest absolute Gasteiger partial charge is 0.310 e. The number of halogens is 1. The molecule has 3 rings (SSSR count). The molecule has 0 aliphatic rings. The fraction of sp³-hybridized carbons (Fsp3) is 0.500. The molecule has 3 heterocycles. The highest BCUT2D eigenvalue weighted by Crippen LogP contribution is 2.26. The third-order valence-electron chi connectivity index (χ3n) is 3.62. The standard InChI is InChI=1S/C14H19ClN6/c1-4-11-12-14(19(3)18-11)21(13(17-12)10(2)15)9-8-20-7-5-6-16-20/h5-7,10H,4,8-9H2,1-3H3. The molecule has 0 N–H and O–H groups in total. The smallest absolute Gasteiger partial charge is 0.158 e. The molecule has 3 aromatic rings.